The fourth-order valence-electron chi connectivity index (χ4n) is 0.862. The molecule has 0 aromatic carbocycles. The van der Waals surface area contributed by atoms with Gasteiger partial charge in [0.25, 0.3) is 0 Å². The van der Waals surface area contributed by atoms with Crippen molar-refractivity contribution >= 4 is 11.3 Å². The smallest absolute Gasteiger partial charge is 0.119 e. The molecule has 13 heavy (non-hydrogen) atoms. The second-order valence-electron chi connectivity index (χ2n) is 3.33. The van der Waals surface area contributed by atoms with Crippen LogP contribution < -0.4 is 0 Å². The average molecular weight is 195 g/mol. The van der Waals surface area contributed by atoms with E-state index in [1.165, 1.54) is 0 Å². The zero-order valence-corrected chi connectivity index (χ0v) is 8.94. The molecule has 0 saturated carbocycles. The number of nitrogens with zero attached hydrogens (tertiary/aromatic N) is 1. The molecule has 70 valence electrons. The van der Waals surface area contributed by atoms with Crippen molar-refractivity contribution in [1.29, 1.82) is 0 Å². The molecule has 0 saturated heterocycles. The first-order valence-electron chi connectivity index (χ1n) is 4.01. The zero-order chi connectivity index (χ0) is 9.90. The lowest BCUT2D eigenvalue weighted by molar-refractivity contribution is 0.184. The first kappa shape index (κ1) is 10.2. The van der Waals surface area contributed by atoms with Crippen LogP contribution in [0.1, 0.15) is 24.5 Å². The number of hydrogen-bond donors (Lipinski definition) is 0. The lowest BCUT2D eigenvalue weighted by Crippen LogP contribution is -2.14. The molecule has 0 N–H and O–H groups in total. The van der Waals surface area contributed by atoms with Gasteiger partial charge in [0.1, 0.15) is 5.01 Å². The monoisotopic (exact) mass is 195 g/mol. The summed E-state index contributed by atoms with van der Waals surface area (Å²) in [6.07, 6.45) is 5.40. The molecule has 2 nitrogen and oxygen atoms in total. The van der Waals surface area contributed by atoms with Crippen LogP contribution in [0.25, 0.3) is 0 Å². The summed E-state index contributed by atoms with van der Waals surface area (Å²) in [5.74, 6) is 2.72. The zero-order valence-electron chi connectivity index (χ0n) is 8.13. The van der Waals surface area contributed by atoms with Crippen LogP contribution in [0.3, 0.4) is 0 Å². The van der Waals surface area contributed by atoms with Crippen molar-refractivity contribution in [3.8, 4) is 12.3 Å². The molecule has 0 aliphatic carbocycles. The van der Waals surface area contributed by atoms with Crippen molar-refractivity contribution in [3.63, 3.8) is 0 Å². The van der Waals surface area contributed by atoms with Crippen molar-refractivity contribution in [2.24, 2.45) is 0 Å². The van der Waals surface area contributed by atoms with Crippen LogP contribution in [0.15, 0.2) is 5.38 Å². The van der Waals surface area contributed by atoms with E-state index in [1.807, 2.05) is 19.2 Å². The summed E-state index contributed by atoms with van der Waals surface area (Å²) in [4.78, 5) is 4.39. The molecule has 3 heteroatoms. The van der Waals surface area contributed by atoms with E-state index >= 15 is 0 Å². The van der Waals surface area contributed by atoms with Gasteiger partial charge in [0.15, 0.2) is 0 Å². The highest BCUT2D eigenvalue weighted by Crippen LogP contribution is 2.23. The summed E-state index contributed by atoms with van der Waals surface area (Å²) in [5, 5.41) is 2.97. The minimum absolute atomic E-state index is 0.275. The molecule has 1 aromatic rings. The molecule has 1 rings (SSSR count). The van der Waals surface area contributed by atoms with Crippen LogP contribution in [0, 0.1) is 12.3 Å². The Labute approximate surface area is 83.0 Å². The number of terminal acetylenes is 1. The molecule has 1 aromatic heterocycles. The summed E-state index contributed by atoms with van der Waals surface area (Å²) in [5.41, 5.74) is 0.676. The summed E-state index contributed by atoms with van der Waals surface area (Å²) in [6.45, 7) is 4.53. The highest BCUT2D eigenvalue weighted by molar-refractivity contribution is 7.09. The minimum atomic E-state index is -0.275. The molecule has 0 spiro atoms. The maximum Gasteiger partial charge on any atom is 0.119 e. The third-order valence-electron chi connectivity index (χ3n) is 1.82. The van der Waals surface area contributed by atoms with Crippen molar-refractivity contribution in [2.45, 2.75) is 25.9 Å². The molecule has 0 radical (unpaired) electrons. The highest BCUT2D eigenvalue weighted by atomic mass is 32.1. The van der Waals surface area contributed by atoms with E-state index in [2.05, 4.69) is 10.9 Å². The second-order valence-corrected chi connectivity index (χ2v) is 4.27. The van der Waals surface area contributed by atoms with Crippen molar-refractivity contribution in [2.75, 3.05) is 7.11 Å². The molecule has 0 amide bonds. The molecule has 0 unspecified atom stereocenters. The first-order chi connectivity index (χ1) is 6.10. The van der Waals surface area contributed by atoms with E-state index in [-0.39, 0.29) is 5.41 Å². The number of ether oxygens (including phenoxy) is 1. The van der Waals surface area contributed by atoms with E-state index in [0.29, 0.717) is 6.61 Å². The number of aromatic nitrogens is 1. The van der Waals surface area contributed by atoms with Gasteiger partial charge in [-0.05, 0) is 13.8 Å². The van der Waals surface area contributed by atoms with Gasteiger partial charge in [0.2, 0.25) is 0 Å². The number of methoxy groups -OCH3 is 1. The molecular formula is C10H13NOS. The van der Waals surface area contributed by atoms with Crippen LogP contribution in [0.5, 0.6) is 0 Å². The quantitative estimate of drug-likeness (QED) is 0.690. The summed E-state index contributed by atoms with van der Waals surface area (Å²) in [7, 11) is 1.66. The lowest BCUT2D eigenvalue weighted by Gasteiger charge is -2.13. The molecule has 1 heterocycles. The molecule has 0 aliphatic rings. The van der Waals surface area contributed by atoms with Gasteiger partial charge in [-0.3, -0.25) is 0 Å². The van der Waals surface area contributed by atoms with Gasteiger partial charge in [-0.1, -0.05) is 5.92 Å². The Balaban J connectivity index is 2.87. The van der Waals surface area contributed by atoms with Crippen molar-refractivity contribution in [3.05, 3.63) is 16.1 Å². The Hall–Kier alpha value is -0.850. The fourth-order valence-corrected chi connectivity index (χ4v) is 1.79. The van der Waals surface area contributed by atoms with Gasteiger partial charge < -0.3 is 4.74 Å². The second kappa shape index (κ2) is 3.91. The Morgan fingerprint density at radius 3 is 2.92 bits per heavy atom. The van der Waals surface area contributed by atoms with Crippen LogP contribution in [0.2, 0.25) is 0 Å². The molecule has 0 atom stereocenters. The van der Waals surface area contributed by atoms with Gasteiger partial charge in [-0.15, -0.1) is 17.8 Å². The Kier molecular flexibility index (Phi) is 3.07. The Morgan fingerprint density at radius 1 is 1.69 bits per heavy atom. The third kappa shape index (κ3) is 2.30. The highest BCUT2D eigenvalue weighted by Gasteiger charge is 2.20. The van der Waals surface area contributed by atoms with Crippen LogP contribution in [-0.4, -0.2) is 12.1 Å². The van der Waals surface area contributed by atoms with E-state index in [9.17, 15) is 0 Å². The van der Waals surface area contributed by atoms with Crippen LogP contribution in [0.4, 0.5) is 0 Å². The number of hydrogen-bond acceptors (Lipinski definition) is 3. The molecule has 0 bridgehead atoms. The Bertz CT molecular complexity index is 322. The van der Waals surface area contributed by atoms with Crippen LogP contribution >= 0.6 is 11.3 Å². The fraction of sp³-hybridized carbons (Fsp3) is 0.500. The number of thiazole rings is 1. The topological polar surface area (TPSA) is 22.1 Å². The van der Waals surface area contributed by atoms with Gasteiger partial charge in [0, 0.05) is 12.5 Å². The first-order valence-corrected chi connectivity index (χ1v) is 4.89. The minimum Gasteiger partial charge on any atom is -0.378 e. The van der Waals surface area contributed by atoms with E-state index < -0.39 is 0 Å². The SMILES string of the molecule is C#CC(C)(C)c1csc(COC)n1. The predicted molar refractivity (Wildman–Crippen MR) is 54.7 cm³/mol. The van der Waals surface area contributed by atoms with Crippen LogP contribution in [-0.2, 0) is 16.8 Å². The van der Waals surface area contributed by atoms with Gasteiger partial charge in [0.05, 0.1) is 17.7 Å². The summed E-state index contributed by atoms with van der Waals surface area (Å²) < 4.78 is 4.98. The third-order valence-corrected chi connectivity index (χ3v) is 2.64. The van der Waals surface area contributed by atoms with Crippen molar-refractivity contribution < 1.29 is 4.74 Å². The van der Waals surface area contributed by atoms with E-state index in [1.54, 1.807) is 18.4 Å². The molecule has 0 fully saturated rings. The standard InChI is InChI=1S/C10H13NOS/c1-5-10(2,3)8-7-13-9(11-8)6-12-4/h1,7H,6H2,2-4H3. The largest absolute Gasteiger partial charge is 0.378 e. The predicted octanol–water partition coefficient (Wildman–Crippen LogP) is 2.20. The van der Waals surface area contributed by atoms with Crippen molar-refractivity contribution in [1.82, 2.24) is 4.98 Å². The normalized spacial score (nSPS) is 11.2. The summed E-state index contributed by atoms with van der Waals surface area (Å²) in [6, 6.07) is 0. The van der Waals surface area contributed by atoms with E-state index in [4.69, 9.17) is 11.2 Å². The van der Waals surface area contributed by atoms with Gasteiger partial charge >= 0.3 is 0 Å². The van der Waals surface area contributed by atoms with E-state index in [0.717, 1.165) is 10.7 Å². The molecular weight excluding hydrogens is 182 g/mol. The maximum absolute atomic E-state index is 5.40. The average Bonchev–Trinajstić information content (AvgIpc) is 2.54. The van der Waals surface area contributed by atoms with Gasteiger partial charge in [-0.25, -0.2) is 4.98 Å². The van der Waals surface area contributed by atoms with Gasteiger partial charge in [-0.2, -0.15) is 0 Å². The molecule has 0 aliphatic heterocycles. The summed E-state index contributed by atoms with van der Waals surface area (Å²) >= 11 is 1.58. The lowest BCUT2D eigenvalue weighted by atomic mass is 9.92. The Morgan fingerprint density at radius 2 is 2.38 bits per heavy atom. The number of rotatable bonds is 3. The maximum atomic E-state index is 5.40.